The Morgan fingerprint density at radius 2 is 1.78 bits per heavy atom. The van der Waals surface area contributed by atoms with Crippen molar-refractivity contribution in [2.45, 2.75) is 38.1 Å². The summed E-state index contributed by atoms with van der Waals surface area (Å²) in [5.74, 6) is 0.849. The van der Waals surface area contributed by atoms with Crippen molar-refractivity contribution in [2.75, 3.05) is 5.32 Å². The predicted octanol–water partition coefficient (Wildman–Crippen LogP) is 4.15. The average Bonchev–Trinajstić information content (AvgIpc) is 3.41. The Morgan fingerprint density at radius 1 is 0.889 bits per heavy atom. The van der Waals surface area contributed by atoms with Crippen LogP contribution in [0.4, 0.5) is 5.82 Å². The molecule has 1 saturated carbocycles. The fourth-order valence-electron chi connectivity index (χ4n) is 3.91. The van der Waals surface area contributed by atoms with Crippen molar-refractivity contribution in [1.29, 1.82) is 0 Å². The Bertz CT molecular complexity index is 1030. The molecule has 0 aliphatic heterocycles. The SMILES string of the molecule is c1n[nH]cc1-c1ccc(-c2ccc(NC3CCCCC3)nn2)c2[nH]ncc12. The molecule has 0 amide bonds. The fourth-order valence-corrected chi connectivity index (χ4v) is 3.91. The molecule has 3 heterocycles. The van der Waals surface area contributed by atoms with E-state index in [9.17, 15) is 0 Å². The number of hydrogen-bond acceptors (Lipinski definition) is 5. The number of nitrogens with one attached hydrogen (secondary N) is 3. The molecular formula is C20H21N7. The van der Waals surface area contributed by atoms with Gasteiger partial charge in [-0.3, -0.25) is 10.2 Å². The molecule has 27 heavy (non-hydrogen) atoms. The van der Waals surface area contributed by atoms with Gasteiger partial charge in [0.25, 0.3) is 0 Å². The van der Waals surface area contributed by atoms with E-state index in [1.807, 2.05) is 30.7 Å². The Kier molecular flexibility index (Phi) is 4.04. The minimum atomic E-state index is 0.521. The number of nitrogens with zero attached hydrogens (tertiary/aromatic N) is 4. The molecule has 136 valence electrons. The van der Waals surface area contributed by atoms with Crippen molar-refractivity contribution < 1.29 is 0 Å². The minimum Gasteiger partial charge on any atom is -0.366 e. The molecule has 1 aliphatic carbocycles. The molecule has 3 N–H and O–H groups in total. The fraction of sp³-hybridized carbons (Fsp3) is 0.300. The highest BCUT2D eigenvalue weighted by Gasteiger charge is 2.15. The predicted molar refractivity (Wildman–Crippen MR) is 105 cm³/mol. The largest absolute Gasteiger partial charge is 0.366 e. The molecule has 0 atom stereocenters. The summed E-state index contributed by atoms with van der Waals surface area (Å²) >= 11 is 0. The standard InChI is InChI=1S/C20H21N7/c1-2-4-14(5-3-1)24-19-9-8-18(25-26-19)16-7-6-15(13-10-21-22-11-13)17-12-23-27-20(16)17/h6-12,14H,1-5H2,(H,21,22)(H,23,27)(H,24,26). The molecule has 7 heteroatoms. The number of H-pyrrole nitrogens is 2. The number of benzene rings is 1. The summed E-state index contributed by atoms with van der Waals surface area (Å²) in [5.41, 5.74) is 4.89. The van der Waals surface area contributed by atoms with Gasteiger partial charge >= 0.3 is 0 Å². The van der Waals surface area contributed by atoms with Gasteiger partial charge in [-0.05, 0) is 36.6 Å². The summed E-state index contributed by atoms with van der Waals surface area (Å²) < 4.78 is 0. The second kappa shape index (κ2) is 6.83. The second-order valence-electron chi connectivity index (χ2n) is 7.09. The lowest BCUT2D eigenvalue weighted by Crippen LogP contribution is -2.22. The molecule has 1 aromatic carbocycles. The van der Waals surface area contributed by atoms with Gasteiger partial charge in [-0.2, -0.15) is 10.2 Å². The van der Waals surface area contributed by atoms with Gasteiger partial charge < -0.3 is 5.32 Å². The molecule has 0 spiro atoms. The van der Waals surface area contributed by atoms with Crippen LogP contribution in [0.3, 0.4) is 0 Å². The summed E-state index contributed by atoms with van der Waals surface area (Å²) in [6.45, 7) is 0. The van der Waals surface area contributed by atoms with E-state index >= 15 is 0 Å². The number of rotatable bonds is 4. The van der Waals surface area contributed by atoms with E-state index in [0.29, 0.717) is 6.04 Å². The van der Waals surface area contributed by atoms with Crippen LogP contribution < -0.4 is 5.32 Å². The van der Waals surface area contributed by atoms with E-state index in [1.165, 1.54) is 32.1 Å². The Balaban J connectivity index is 1.45. The van der Waals surface area contributed by atoms with Gasteiger partial charge in [0.05, 0.1) is 23.6 Å². The van der Waals surface area contributed by atoms with Crippen molar-refractivity contribution >= 4 is 16.7 Å². The second-order valence-corrected chi connectivity index (χ2v) is 7.09. The van der Waals surface area contributed by atoms with E-state index in [0.717, 1.165) is 39.1 Å². The molecule has 0 saturated heterocycles. The van der Waals surface area contributed by atoms with Crippen LogP contribution in [0.2, 0.25) is 0 Å². The highest BCUT2D eigenvalue weighted by molar-refractivity contribution is 6.01. The van der Waals surface area contributed by atoms with Gasteiger partial charge in [-0.1, -0.05) is 25.3 Å². The lowest BCUT2D eigenvalue weighted by Gasteiger charge is -2.22. The first-order chi connectivity index (χ1) is 13.4. The Morgan fingerprint density at radius 3 is 2.56 bits per heavy atom. The molecule has 0 bridgehead atoms. The summed E-state index contributed by atoms with van der Waals surface area (Å²) in [7, 11) is 0. The maximum atomic E-state index is 4.46. The van der Waals surface area contributed by atoms with E-state index in [2.05, 4.69) is 48.0 Å². The lowest BCUT2D eigenvalue weighted by molar-refractivity contribution is 0.461. The molecule has 0 radical (unpaired) electrons. The van der Waals surface area contributed by atoms with Gasteiger partial charge in [0, 0.05) is 28.8 Å². The quantitative estimate of drug-likeness (QED) is 0.509. The van der Waals surface area contributed by atoms with E-state index in [-0.39, 0.29) is 0 Å². The third-order valence-corrected chi connectivity index (χ3v) is 5.32. The normalized spacial score (nSPS) is 15.3. The number of aromatic amines is 2. The number of hydrogen-bond donors (Lipinski definition) is 3. The monoisotopic (exact) mass is 359 g/mol. The molecule has 0 unspecified atom stereocenters. The maximum absolute atomic E-state index is 4.46. The van der Waals surface area contributed by atoms with Crippen LogP contribution in [0.1, 0.15) is 32.1 Å². The summed E-state index contributed by atoms with van der Waals surface area (Å²) in [6.07, 6.45) is 11.9. The van der Waals surface area contributed by atoms with E-state index < -0.39 is 0 Å². The van der Waals surface area contributed by atoms with E-state index in [4.69, 9.17) is 0 Å². The third-order valence-electron chi connectivity index (χ3n) is 5.32. The molecule has 1 fully saturated rings. The van der Waals surface area contributed by atoms with Gasteiger partial charge in [0.15, 0.2) is 0 Å². The highest BCUT2D eigenvalue weighted by Crippen LogP contribution is 2.33. The van der Waals surface area contributed by atoms with Crippen LogP contribution in [-0.4, -0.2) is 36.6 Å². The van der Waals surface area contributed by atoms with Crippen molar-refractivity contribution in [1.82, 2.24) is 30.6 Å². The number of fused-ring (bicyclic) bond motifs is 1. The van der Waals surface area contributed by atoms with Crippen molar-refractivity contribution in [3.05, 3.63) is 42.9 Å². The summed E-state index contributed by atoms with van der Waals surface area (Å²) in [4.78, 5) is 0. The van der Waals surface area contributed by atoms with Crippen LogP contribution >= 0.6 is 0 Å². The van der Waals surface area contributed by atoms with Gasteiger partial charge in [-0.15, -0.1) is 10.2 Å². The average molecular weight is 359 g/mol. The lowest BCUT2D eigenvalue weighted by atomic mass is 9.95. The Hall–Kier alpha value is -3.22. The van der Waals surface area contributed by atoms with Crippen LogP contribution in [0.25, 0.3) is 33.3 Å². The van der Waals surface area contributed by atoms with Crippen molar-refractivity contribution in [3.63, 3.8) is 0 Å². The molecule has 4 aromatic rings. The first kappa shape index (κ1) is 16.0. The van der Waals surface area contributed by atoms with Gasteiger partial charge in [0.2, 0.25) is 0 Å². The third kappa shape index (κ3) is 3.05. The molecule has 1 aliphatic rings. The summed E-state index contributed by atoms with van der Waals surface area (Å²) in [6, 6.07) is 8.69. The first-order valence-corrected chi connectivity index (χ1v) is 9.44. The highest BCUT2D eigenvalue weighted by atomic mass is 15.2. The van der Waals surface area contributed by atoms with Crippen molar-refractivity contribution in [2.24, 2.45) is 0 Å². The Labute approximate surface area is 156 Å². The number of aromatic nitrogens is 6. The van der Waals surface area contributed by atoms with Crippen LogP contribution in [0.5, 0.6) is 0 Å². The van der Waals surface area contributed by atoms with Crippen LogP contribution in [0, 0.1) is 0 Å². The van der Waals surface area contributed by atoms with Crippen LogP contribution in [-0.2, 0) is 0 Å². The first-order valence-electron chi connectivity index (χ1n) is 9.44. The molecule has 7 nitrogen and oxygen atoms in total. The topological polar surface area (TPSA) is 95.2 Å². The van der Waals surface area contributed by atoms with E-state index in [1.54, 1.807) is 0 Å². The number of anilines is 1. The zero-order valence-electron chi connectivity index (χ0n) is 14.9. The molecular weight excluding hydrogens is 338 g/mol. The van der Waals surface area contributed by atoms with Gasteiger partial charge in [0.1, 0.15) is 5.82 Å². The maximum Gasteiger partial charge on any atom is 0.148 e. The van der Waals surface area contributed by atoms with Crippen molar-refractivity contribution in [3.8, 4) is 22.4 Å². The molecule has 3 aromatic heterocycles. The summed E-state index contributed by atoms with van der Waals surface area (Å²) in [5, 5.41) is 27.7. The van der Waals surface area contributed by atoms with Gasteiger partial charge in [-0.25, -0.2) is 0 Å². The molecule has 5 rings (SSSR count). The minimum absolute atomic E-state index is 0.521. The zero-order chi connectivity index (χ0) is 18.1. The van der Waals surface area contributed by atoms with Crippen LogP contribution in [0.15, 0.2) is 42.9 Å². The smallest absolute Gasteiger partial charge is 0.148 e. The zero-order valence-corrected chi connectivity index (χ0v) is 14.9.